The van der Waals surface area contributed by atoms with Gasteiger partial charge in [-0.15, -0.1) is 0 Å². The molecule has 266 valence electrons. The SMILES string of the molecule is CS(=O)(=O)N(CCCBr)c1ccc(C(=O)OC(Cc2c(Cl)c[n+]([O-])cc2Cl)c2ccc(OC(F)F)c(OCC3CC3)c2)cc1OCC1CC1. The van der Waals surface area contributed by atoms with Crippen molar-refractivity contribution in [3.63, 3.8) is 0 Å². The largest absolute Gasteiger partial charge is 0.619 e. The van der Waals surface area contributed by atoms with Gasteiger partial charge in [-0.3, -0.25) is 4.31 Å². The number of pyridine rings is 1. The number of sulfonamides is 1. The molecule has 0 bridgehead atoms. The molecule has 0 saturated heterocycles. The number of carbonyl (C=O) groups is 1. The third-order valence-electron chi connectivity index (χ3n) is 7.95. The summed E-state index contributed by atoms with van der Waals surface area (Å²) in [7, 11) is -3.69. The Kier molecular flexibility index (Phi) is 12.4. The second kappa shape index (κ2) is 16.3. The van der Waals surface area contributed by atoms with Crippen LogP contribution in [0.3, 0.4) is 0 Å². The molecule has 10 nitrogen and oxygen atoms in total. The number of ether oxygens (including phenoxy) is 4. The van der Waals surface area contributed by atoms with Gasteiger partial charge in [-0.1, -0.05) is 45.2 Å². The molecule has 1 unspecified atom stereocenters. The molecule has 2 fully saturated rings. The number of alkyl halides is 3. The monoisotopic (exact) mass is 806 g/mol. The summed E-state index contributed by atoms with van der Waals surface area (Å²) in [6.07, 6.45) is 6.55. The maximum atomic E-state index is 13.8. The zero-order valence-corrected chi connectivity index (χ0v) is 30.4. The van der Waals surface area contributed by atoms with E-state index < -0.39 is 28.7 Å². The summed E-state index contributed by atoms with van der Waals surface area (Å²) in [5, 5.41) is 12.6. The summed E-state index contributed by atoms with van der Waals surface area (Å²) in [5.41, 5.74) is 1.02. The predicted octanol–water partition coefficient (Wildman–Crippen LogP) is 7.50. The first-order chi connectivity index (χ1) is 23.3. The van der Waals surface area contributed by atoms with Gasteiger partial charge in [0.1, 0.15) is 21.9 Å². The van der Waals surface area contributed by atoms with E-state index in [9.17, 15) is 27.2 Å². The molecule has 0 N–H and O–H groups in total. The Balaban J connectivity index is 1.50. The van der Waals surface area contributed by atoms with E-state index in [0.717, 1.165) is 44.3 Å². The van der Waals surface area contributed by atoms with Crippen molar-refractivity contribution < 1.29 is 45.7 Å². The molecule has 1 aromatic heterocycles. The number of hydrogen-bond donors (Lipinski definition) is 0. The molecule has 3 aromatic rings. The van der Waals surface area contributed by atoms with Crippen LogP contribution >= 0.6 is 39.1 Å². The van der Waals surface area contributed by atoms with Gasteiger partial charge < -0.3 is 24.2 Å². The van der Waals surface area contributed by atoms with Gasteiger partial charge in [0.2, 0.25) is 10.0 Å². The zero-order valence-electron chi connectivity index (χ0n) is 26.5. The van der Waals surface area contributed by atoms with Gasteiger partial charge in [0.05, 0.1) is 30.7 Å². The van der Waals surface area contributed by atoms with E-state index in [-0.39, 0.29) is 51.5 Å². The van der Waals surface area contributed by atoms with Crippen molar-refractivity contribution in [2.75, 3.05) is 35.6 Å². The average molecular weight is 809 g/mol. The van der Waals surface area contributed by atoms with Crippen LogP contribution in [-0.2, 0) is 21.2 Å². The fourth-order valence-corrected chi connectivity index (χ4v) is 6.80. The lowest BCUT2D eigenvalue weighted by molar-refractivity contribution is -0.605. The molecular formula is C33H35BrCl2F2N2O8S. The Morgan fingerprint density at radius 1 is 1.00 bits per heavy atom. The highest BCUT2D eigenvalue weighted by atomic mass is 79.9. The number of esters is 1. The van der Waals surface area contributed by atoms with E-state index in [2.05, 4.69) is 20.7 Å². The van der Waals surface area contributed by atoms with Gasteiger partial charge >= 0.3 is 12.6 Å². The van der Waals surface area contributed by atoms with E-state index >= 15 is 0 Å². The quantitative estimate of drug-likeness (QED) is 0.0562. The molecule has 5 rings (SSSR count). The minimum atomic E-state index is -3.69. The zero-order chi connectivity index (χ0) is 35.3. The smallest absolute Gasteiger partial charge is 0.387 e. The molecule has 0 spiro atoms. The van der Waals surface area contributed by atoms with Crippen LogP contribution in [0.25, 0.3) is 0 Å². The Morgan fingerprint density at radius 2 is 1.63 bits per heavy atom. The van der Waals surface area contributed by atoms with Gasteiger partial charge in [-0.2, -0.15) is 13.5 Å². The molecule has 0 aliphatic heterocycles. The number of nitrogens with zero attached hydrogens (tertiary/aromatic N) is 2. The topological polar surface area (TPSA) is 118 Å². The first-order valence-corrected chi connectivity index (χ1v) is 19.3. The van der Waals surface area contributed by atoms with Crippen LogP contribution in [0.15, 0.2) is 48.8 Å². The molecule has 49 heavy (non-hydrogen) atoms. The summed E-state index contributed by atoms with van der Waals surface area (Å²) < 4.78 is 76.3. The minimum Gasteiger partial charge on any atom is -0.619 e. The van der Waals surface area contributed by atoms with E-state index in [4.69, 9.17) is 37.4 Å². The lowest BCUT2D eigenvalue weighted by Gasteiger charge is -2.25. The number of aromatic nitrogens is 1. The first kappa shape index (κ1) is 37.2. The molecule has 2 saturated carbocycles. The van der Waals surface area contributed by atoms with E-state index in [0.29, 0.717) is 52.7 Å². The van der Waals surface area contributed by atoms with Crippen LogP contribution in [-0.4, -0.2) is 52.3 Å². The number of rotatable bonds is 18. The summed E-state index contributed by atoms with van der Waals surface area (Å²) >= 11 is 16.1. The van der Waals surface area contributed by atoms with Crippen LogP contribution in [0.2, 0.25) is 10.0 Å². The molecule has 0 radical (unpaired) electrons. The molecular weight excluding hydrogens is 773 g/mol. The van der Waals surface area contributed by atoms with Crippen molar-refractivity contribution in [2.45, 2.75) is 51.2 Å². The number of carbonyl (C=O) groups excluding carboxylic acids is 1. The average Bonchev–Trinajstić information content (AvgIpc) is 3.96. The van der Waals surface area contributed by atoms with Crippen LogP contribution in [0.4, 0.5) is 14.5 Å². The summed E-state index contributed by atoms with van der Waals surface area (Å²) in [5.74, 6) is -0.0989. The Morgan fingerprint density at radius 3 is 2.20 bits per heavy atom. The number of hydrogen-bond acceptors (Lipinski definition) is 8. The van der Waals surface area contributed by atoms with Crippen molar-refractivity contribution in [2.24, 2.45) is 11.8 Å². The molecule has 1 heterocycles. The van der Waals surface area contributed by atoms with Crippen molar-refractivity contribution in [3.05, 3.63) is 80.7 Å². The highest BCUT2D eigenvalue weighted by Gasteiger charge is 2.29. The van der Waals surface area contributed by atoms with Gasteiger partial charge in [-0.05, 0) is 79.8 Å². The van der Waals surface area contributed by atoms with Gasteiger partial charge in [-0.25, -0.2) is 13.2 Å². The second-order valence-corrected chi connectivity index (χ2v) is 15.6. The van der Waals surface area contributed by atoms with Gasteiger partial charge in [0, 0.05) is 23.9 Å². The fourth-order valence-electron chi connectivity index (χ4n) is 4.98. The molecule has 2 aromatic carbocycles. The summed E-state index contributed by atoms with van der Waals surface area (Å²) in [6, 6.07) is 8.60. The predicted molar refractivity (Wildman–Crippen MR) is 184 cm³/mol. The van der Waals surface area contributed by atoms with Crippen LogP contribution in [0, 0.1) is 17.0 Å². The number of anilines is 1. The molecule has 0 amide bonds. The first-order valence-electron chi connectivity index (χ1n) is 15.6. The van der Waals surface area contributed by atoms with Gasteiger partial charge in [0.15, 0.2) is 23.9 Å². The van der Waals surface area contributed by atoms with Crippen LogP contribution < -0.4 is 23.2 Å². The van der Waals surface area contributed by atoms with Crippen molar-refractivity contribution >= 4 is 60.8 Å². The summed E-state index contributed by atoms with van der Waals surface area (Å²) in [6.45, 7) is -2.26. The maximum absolute atomic E-state index is 13.8. The lowest BCUT2D eigenvalue weighted by atomic mass is 10.0. The Hall–Kier alpha value is -3.07. The minimum absolute atomic E-state index is 0.0240. The molecule has 2 aliphatic rings. The molecule has 16 heteroatoms. The van der Waals surface area contributed by atoms with Crippen LogP contribution in [0.1, 0.15) is 59.7 Å². The summed E-state index contributed by atoms with van der Waals surface area (Å²) in [4.78, 5) is 13.8. The van der Waals surface area contributed by atoms with Crippen LogP contribution in [0.5, 0.6) is 17.2 Å². The Labute approximate surface area is 301 Å². The molecule has 1 atom stereocenters. The lowest BCUT2D eigenvalue weighted by Crippen LogP contribution is -2.31. The second-order valence-electron chi connectivity index (χ2n) is 12.0. The van der Waals surface area contributed by atoms with Crippen molar-refractivity contribution in [1.82, 2.24) is 0 Å². The fraction of sp³-hybridized carbons (Fsp3) is 0.455. The highest BCUT2D eigenvalue weighted by Crippen LogP contribution is 2.39. The third kappa shape index (κ3) is 10.5. The van der Waals surface area contributed by atoms with Crippen molar-refractivity contribution in [3.8, 4) is 17.2 Å². The van der Waals surface area contributed by atoms with Crippen molar-refractivity contribution in [1.29, 1.82) is 0 Å². The van der Waals surface area contributed by atoms with E-state index in [1.807, 2.05) is 0 Å². The number of halogens is 5. The third-order valence-corrected chi connectivity index (χ3v) is 10.3. The standard InChI is InChI=1S/C33H35BrCl2F2N2O8S/c1-49(43,44)40(12-2-11-34)27-9-7-23(14-30(27)45-18-20-3-4-20)32(41)47-29(15-24-25(35)16-39(42)17-26(24)36)22-8-10-28(48-33(37)38)31(13-22)46-19-21-5-6-21/h7-10,13-14,16-17,20-21,29,33H,2-6,11-12,15,18-19H2,1H3. The normalized spacial score (nSPS) is 15.2. The Bertz CT molecular complexity index is 1740. The molecule has 2 aliphatic carbocycles. The van der Waals surface area contributed by atoms with E-state index in [1.165, 1.54) is 40.7 Å². The highest BCUT2D eigenvalue weighted by molar-refractivity contribution is 9.09. The van der Waals surface area contributed by atoms with E-state index in [1.54, 1.807) is 0 Å². The maximum Gasteiger partial charge on any atom is 0.387 e. The number of benzene rings is 2. The van der Waals surface area contributed by atoms with Gasteiger partial charge in [0.25, 0.3) is 0 Å².